The number of aryl methyl sites for hydroxylation is 2. The molecule has 2 N–H and O–H groups in total. The van der Waals surface area contributed by atoms with Crippen LogP contribution in [-0.2, 0) is 9.59 Å². The van der Waals surface area contributed by atoms with Gasteiger partial charge in [0.1, 0.15) is 5.75 Å². The van der Waals surface area contributed by atoms with Gasteiger partial charge in [0.05, 0.1) is 18.9 Å². The number of hydrogen-bond donors (Lipinski definition) is 2. The summed E-state index contributed by atoms with van der Waals surface area (Å²) in [5, 5.41) is 5.24. The molecular weight excluding hydrogens is 348 g/mol. The number of anilines is 1. The van der Waals surface area contributed by atoms with Gasteiger partial charge in [-0.1, -0.05) is 18.2 Å². The second kappa shape index (κ2) is 9.29. The van der Waals surface area contributed by atoms with Gasteiger partial charge in [-0.3, -0.25) is 9.59 Å². The molecule has 0 heterocycles. The van der Waals surface area contributed by atoms with Crippen LogP contribution in [0.15, 0.2) is 47.4 Å². The maximum Gasteiger partial charge on any atom is 0.243 e. The lowest BCUT2D eigenvalue weighted by molar-refractivity contribution is -0.123. The molecule has 2 aromatic rings. The van der Waals surface area contributed by atoms with E-state index in [-0.39, 0.29) is 23.6 Å². The van der Waals surface area contributed by atoms with E-state index in [2.05, 4.69) is 10.6 Å². The third kappa shape index (κ3) is 5.52. The van der Waals surface area contributed by atoms with Crippen LogP contribution in [0.25, 0.3) is 0 Å². The maximum absolute atomic E-state index is 12.2. The zero-order valence-electron chi connectivity index (χ0n) is 15.5. The lowest BCUT2D eigenvalue weighted by Crippen LogP contribution is -2.37. The average Bonchev–Trinajstić information content (AvgIpc) is 2.63. The Morgan fingerprint density at radius 2 is 1.69 bits per heavy atom. The molecule has 0 spiro atoms. The van der Waals surface area contributed by atoms with E-state index in [1.165, 1.54) is 11.8 Å². The van der Waals surface area contributed by atoms with Crippen molar-refractivity contribution >= 4 is 29.3 Å². The molecule has 2 aromatic carbocycles. The van der Waals surface area contributed by atoms with E-state index < -0.39 is 0 Å². The van der Waals surface area contributed by atoms with Crippen LogP contribution in [0, 0.1) is 13.8 Å². The molecule has 0 aliphatic rings. The van der Waals surface area contributed by atoms with E-state index in [0.717, 1.165) is 27.5 Å². The zero-order valence-corrected chi connectivity index (χ0v) is 16.3. The average molecular weight is 372 g/mol. The molecule has 0 unspecified atom stereocenters. The van der Waals surface area contributed by atoms with Crippen LogP contribution >= 0.6 is 11.8 Å². The van der Waals surface area contributed by atoms with E-state index >= 15 is 0 Å². The Morgan fingerprint density at radius 3 is 2.27 bits per heavy atom. The van der Waals surface area contributed by atoms with Crippen molar-refractivity contribution in [1.29, 1.82) is 0 Å². The van der Waals surface area contributed by atoms with Crippen LogP contribution in [0.5, 0.6) is 5.75 Å². The molecule has 138 valence electrons. The monoisotopic (exact) mass is 372 g/mol. The van der Waals surface area contributed by atoms with Crippen molar-refractivity contribution in [3.63, 3.8) is 0 Å². The number of carbonyl (C=O) groups is 2. The highest BCUT2D eigenvalue weighted by atomic mass is 32.2. The lowest BCUT2D eigenvalue weighted by Gasteiger charge is -2.14. The first-order valence-corrected chi connectivity index (χ1v) is 9.23. The third-order valence-electron chi connectivity index (χ3n) is 3.91. The van der Waals surface area contributed by atoms with Crippen LogP contribution in [0.2, 0.25) is 0 Å². The number of rotatable bonds is 7. The van der Waals surface area contributed by atoms with Gasteiger partial charge in [0.15, 0.2) is 0 Å². The summed E-state index contributed by atoms with van der Waals surface area (Å²) in [5.74, 6) is 0.356. The number of amides is 2. The molecule has 0 radical (unpaired) electrons. The maximum atomic E-state index is 12.2. The third-order valence-corrected chi connectivity index (χ3v) is 5.02. The molecule has 0 bridgehead atoms. The zero-order chi connectivity index (χ0) is 19.1. The molecule has 2 amide bonds. The van der Waals surface area contributed by atoms with Gasteiger partial charge < -0.3 is 15.4 Å². The molecule has 0 saturated heterocycles. The molecule has 6 heteroatoms. The Balaban J connectivity index is 1.83. The molecule has 26 heavy (non-hydrogen) atoms. The largest absolute Gasteiger partial charge is 0.497 e. The number of ether oxygens (including phenoxy) is 1. The van der Waals surface area contributed by atoms with Crippen molar-refractivity contribution in [3.05, 3.63) is 53.6 Å². The highest BCUT2D eigenvalue weighted by molar-refractivity contribution is 8.00. The standard InChI is InChI=1S/C20H24N2O3S/c1-13-6-5-7-14(2)19(13)22-18(23)12-21-20(24)15(3)26-17-10-8-16(25-4)9-11-17/h5-11,15H,12H2,1-4H3,(H,21,24)(H,22,23)/t15-/m1/s1. The lowest BCUT2D eigenvalue weighted by atomic mass is 10.1. The predicted molar refractivity (Wildman–Crippen MR) is 106 cm³/mol. The smallest absolute Gasteiger partial charge is 0.243 e. The molecule has 0 aliphatic carbocycles. The number of nitrogens with one attached hydrogen (secondary N) is 2. The van der Waals surface area contributed by atoms with Gasteiger partial charge in [-0.05, 0) is 56.2 Å². The van der Waals surface area contributed by atoms with E-state index in [9.17, 15) is 9.59 Å². The van der Waals surface area contributed by atoms with Gasteiger partial charge in [0.2, 0.25) is 11.8 Å². The minimum Gasteiger partial charge on any atom is -0.497 e. The first-order valence-electron chi connectivity index (χ1n) is 8.35. The highest BCUT2D eigenvalue weighted by Gasteiger charge is 2.16. The molecule has 0 aliphatic heterocycles. The first kappa shape index (κ1) is 19.8. The Kier molecular flexibility index (Phi) is 7.09. The minimum atomic E-state index is -0.309. The van der Waals surface area contributed by atoms with Crippen molar-refractivity contribution in [2.24, 2.45) is 0 Å². The second-order valence-corrected chi connectivity index (χ2v) is 7.38. The van der Waals surface area contributed by atoms with E-state index in [0.29, 0.717) is 0 Å². The van der Waals surface area contributed by atoms with Gasteiger partial charge in [-0.25, -0.2) is 0 Å². The summed E-state index contributed by atoms with van der Waals surface area (Å²) in [5.41, 5.74) is 2.79. The predicted octanol–water partition coefficient (Wildman–Crippen LogP) is 3.55. The van der Waals surface area contributed by atoms with Gasteiger partial charge >= 0.3 is 0 Å². The summed E-state index contributed by atoms with van der Waals surface area (Å²) in [6.45, 7) is 5.64. The normalized spacial score (nSPS) is 11.5. The fraction of sp³-hybridized carbons (Fsp3) is 0.300. The van der Waals surface area contributed by atoms with Crippen molar-refractivity contribution in [2.45, 2.75) is 30.9 Å². The van der Waals surface area contributed by atoms with Crippen molar-refractivity contribution in [3.8, 4) is 5.75 Å². The summed E-state index contributed by atoms with van der Waals surface area (Å²) in [6, 6.07) is 13.3. The van der Waals surface area contributed by atoms with Crippen LogP contribution < -0.4 is 15.4 Å². The van der Waals surface area contributed by atoms with Crippen LogP contribution in [0.1, 0.15) is 18.1 Å². The number of benzene rings is 2. The fourth-order valence-corrected chi connectivity index (χ4v) is 3.31. The van der Waals surface area contributed by atoms with Crippen LogP contribution in [0.4, 0.5) is 5.69 Å². The number of para-hydroxylation sites is 1. The summed E-state index contributed by atoms with van der Waals surface area (Å²) in [7, 11) is 1.61. The molecule has 5 nitrogen and oxygen atoms in total. The topological polar surface area (TPSA) is 67.4 Å². The quantitative estimate of drug-likeness (QED) is 0.730. The second-order valence-electron chi connectivity index (χ2n) is 5.97. The summed E-state index contributed by atoms with van der Waals surface area (Å²) >= 11 is 1.43. The summed E-state index contributed by atoms with van der Waals surface area (Å²) < 4.78 is 5.12. The van der Waals surface area contributed by atoms with E-state index in [1.54, 1.807) is 7.11 Å². The highest BCUT2D eigenvalue weighted by Crippen LogP contribution is 2.25. The SMILES string of the molecule is COc1ccc(S[C@H](C)C(=O)NCC(=O)Nc2c(C)cccc2C)cc1. The van der Waals surface area contributed by atoms with Crippen molar-refractivity contribution < 1.29 is 14.3 Å². The van der Waals surface area contributed by atoms with Gasteiger partial charge in [0, 0.05) is 10.6 Å². The summed E-state index contributed by atoms with van der Waals surface area (Å²) in [4.78, 5) is 25.3. The van der Waals surface area contributed by atoms with Gasteiger partial charge in [0.25, 0.3) is 0 Å². The number of methoxy groups -OCH3 is 1. The molecule has 2 rings (SSSR count). The summed E-state index contributed by atoms with van der Waals surface area (Å²) in [6.07, 6.45) is 0. The van der Waals surface area contributed by atoms with Gasteiger partial charge in [-0.15, -0.1) is 11.8 Å². The Morgan fingerprint density at radius 1 is 1.08 bits per heavy atom. The Labute approximate surface area is 158 Å². The molecule has 0 aromatic heterocycles. The number of carbonyl (C=O) groups excluding carboxylic acids is 2. The molecule has 0 saturated carbocycles. The Hall–Kier alpha value is -2.47. The minimum absolute atomic E-state index is 0.0554. The number of hydrogen-bond acceptors (Lipinski definition) is 4. The molecular formula is C20H24N2O3S. The Bertz CT molecular complexity index is 755. The van der Waals surface area contributed by atoms with Gasteiger partial charge in [-0.2, -0.15) is 0 Å². The van der Waals surface area contributed by atoms with E-state index in [4.69, 9.17) is 4.74 Å². The van der Waals surface area contributed by atoms with E-state index in [1.807, 2.05) is 63.2 Å². The molecule has 1 atom stereocenters. The number of thioether (sulfide) groups is 1. The fourth-order valence-electron chi connectivity index (χ4n) is 2.42. The van der Waals surface area contributed by atoms with Crippen LogP contribution in [0.3, 0.4) is 0 Å². The first-order chi connectivity index (χ1) is 12.4. The van der Waals surface area contributed by atoms with Crippen molar-refractivity contribution in [1.82, 2.24) is 5.32 Å². The van der Waals surface area contributed by atoms with Crippen molar-refractivity contribution in [2.75, 3.05) is 19.0 Å². The van der Waals surface area contributed by atoms with Crippen LogP contribution in [-0.4, -0.2) is 30.7 Å². The molecule has 0 fully saturated rings.